The average Bonchev–Trinajstić information content (AvgIpc) is 2.80. The van der Waals surface area contributed by atoms with Crippen molar-refractivity contribution >= 4 is 35.2 Å². The van der Waals surface area contributed by atoms with Gasteiger partial charge in [-0.15, -0.1) is 0 Å². The number of nitrogens with zero attached hydrogens (tertiary/aromatic N) is 1. The Kier molecular flexibility index (Phi) is 8.84. The maximum Gasteiger partial charge on any atom is 0.262 e. The normalized spacial score (nSPS) is 14.5. The summed E-state index contributed by atoms with van der Waals surface area (Å²) >= 11 is 12.0. The number of hydrogen-bond donors (Lipinski definition) is 1. The molecule has 32 heavy (non-hydrogen) atoms. The molecular formula is C25H26Cl2N2O3. The molecule has 0 saturated heterocycles. The second kappa shape index (κ2) is 11.8. The second-order valence-corrected chi connectivity index (χ2v) is 8.47. The van der Waals surface area contributed by atoms with Crippen LogP contribution < -0.4 is 14.8 Å². The van der Waals surface area contributed by atoms with Gasteiger partial charge in [0.1, 0.15) is 18.2 Å². The molecular weight excluding hydrogens is 447 g/mol. The highest BCUT2D eigenvalue weighted by Gasteiger charge is 2.18. The van der Waals surface area contributed by atoms with E-state index in [-0.39, 0.29) is 17.5 Å². The highest BCUT2D eigenvalue weighted by molar-refractivity contribution is 6.42. The van der Waals surface area contributed by atoms with Crippen molar-refractivity contribution in [2.24, 2.45) is 0 Å². The van der Waals surface area contributed by atoms with Crippen molar-refractivity contribution in [3.05, 3.63) is 63.1 Å². The van der Waals surface area contributed by atoms with Gasteiger partial charge in [0.2, 0.25) is 0 Å². The van der Waals surface area contributed by atoms with Gasteiger partial charge in [-0.25, -0.2) is 0 Å². The highest BCUT2D eigenvalue weighted by Crippen LogP contribution is 2.31. The second-order valence-electron chi connectivity index (χ2n) is 7.65. The average molecular weight is 473 g/mol. The van der Waals surface area contributed by atoms with Crippen molar-refractivity contribution in [3.8, 4) is 17.6 Å². The third-order valence-electron chi connectivity index (χ3n) is 5.26. The number of nitriles is 1. The molecule has 2 aromatic carbocycles. The topological polar surface area (TPSA) is 71.3 Å². The zero-order chi connectivity index (χ0) is 22.9. The van der Waals surface area contributed by atoms with E-state index >= 15 is 0 Å². The van der Waals surface area contributed by atoms with E-state index in [9.17, 15) is 10.1 Å². The summed E-state index contributed by atoms with van der Waals surface area (Å²) in [6.07, 6.45) is 6.92. The summed E-state index contributed by atoms with van der Waals surface area (Å²) in [5.74, 6) is 0.754. The molecule has 0 bridgehead atoms. The SMILES string of the molecule is CCOc1cc(C=C(C#N)C(=O)NC2CCCCC2)ccc1OCc1ccc(Cl)c(Cl)c1. The molecule has 1 aliphatic rings. The van der Waals surface area contributed by atoms with Crippen molar-refractivity contribution in [3.63, 3.8) is 0 Å². The first kappa shape index (κ1) is 24.0. The fraction of sp³-hybridized carbons (Fsp3) is 0.360. The summed E-state index contributed by atoms with van der Waals surface area (Å²) in [6, 6.07) is 12.8. The molecule has 1 saturated carbocycles. The molecule has 2 aromatic rings. The Bertz CT molecular complexity index is 1020. The summed E-state index contributed by atoms with van der Waals surface area (Å²) in [6.45, 7) is 2.62. The Morgan fingerprint density at radius 1 is 1.09 bits per heavy atom. The van der Waals surface area contributed by atoms with Gasteiger partial charge in [0.25, 0.3) is 5.91 Å². The first-order valence-electron chi connectivity index (χ1n) is 10.8. The Hall–Kier alpha value is -2.68. The number of rotatable bonds is 8. The van der Waals surface area contributed by atoms with E-state index in [0.29, 0.717) is 40.3 Å². The Morgan fingerprint density at radius 3 is 2.56 bits per heavy atom. The van der Waals surface area contributed by atoms with Crippen molar-refractivity contribution in [2.75, 3.05) is 6.61 Å². The molecule has 1 aliphatic carbocycles. The van der Waals surface area contributed by atoms with Gasteiger partial charge in [0.15, 0.2) is 11.5 Å². The molecule has 0 radical (unpaired) electrons. The van der Waals surface area contributed by atoms with E-state index in [1.54, 1.807) is 36.4 Å². The molecule has 1 N–H and O–H groups in total. The van der Waals surface area contributed by atoms with Gasteiger partial charge in [-0.1, -0.05) is 54.6 Å². The van der Waals surface area contributed by atoms with Crippen LogP contribution in [-0.4, -0.2) is 18.6 Å². The standard InChI is InChI=1S/C25H26Cl2N2O3/c1-2-31-24-14-17(12-19(15-28)25(30)29-20-6-4-3-5-7-20)9-11-23(24)32-16-18-8-10-21(26)22(27)13-18/h8-14,20H,2-7,16H2,1H3,(H,29,30). The van der Waals surface area contributed by atoms with E-state index < -0.39 is 0 Å². The van der Waals surface area contributed by atoms with Crippen LogP contribution >= 0.6 is 23.2 Å². The number of hydrogen-bond acceptors (Lipinski definition) is 4. The number of carbonyl (C=O) groups excluding carboxylic acids is 1. The van der Waals surface area contributed by atoms with Crippen LogP contribution in [0.4, 0.5) is 0 Å². The van der Waals surface area contributed by atoms with Gasteiger partial charge in [0, 0.05) is 6.04 Å². The number of carbonyl (C=O) groups is 1. The lowest BCUT2D eigenvalue weighted by Crippen LogP contribution is -2.36. The molecule has 5 nitrogen and oxygen atoms in total. The largest absolute Gasteiger partial charge is 0.490 e. The number of benzene rings is 2. The lowest BCUT2D eigenvalue weighted by Gasteiger charge is -2.22. The first-order chi connectivity index (χ1) is 15.5. The minimum Gasteiger partial charge on any atom is -0.490 e. The zero-order valence-electron chi connectivity index (χ0n) is 18.0. The molecule has 7 heteroatoms. The van der Waals surface area contributed by atoms with Crippen molar-refractivity contribution in [2.45, 2.75) is 51.7 Å². The van der Waals surface area contributed by atoms with Crippen LogP contribution in [-0.2, 0) is 11.4 Å². The predicted octanol–water partition coefficient (Wildman–Crippen LogP) is 6.33. The van der Waals surface area contributed by atoms with E-state index in [0.717, 1.165) is 31.2 Å². The van der Waals surface area contributed by atoms with Crippen LogP contribution in [0.1, 0.15) is 50.2 Å². The molecule has 3 rings (SSSR count). The van der Waals surface area contributed by atoms with E-state index in [1.807, 2.05) is 19.1 Å². The van der Waals surface area contributed by atoms with Gasteiger partial charge in [-0.05, 0) is 61.2 Å². The van der Waals surface area contributed by atoms with Gasteiger partial charge >= 0.3 is 0 Å². The maximum absolute atomic E-state index is 12.6. The van der Waals surface area contributed by atoms with Crippen LogP contribution in [0.2, 0.25) is 10.0 Å². The summed E-state index contributed by atoms with van der Waals surface area (Å²) in [5.41, 5.74) is 1.63. The molecule has 1 amide bonds. The van der Waals surface area contributed by atoms with E-state index in [2.05, 4.69) is 5.32 Å². The summed E-state index contributed by atoms with van der Waals surface area (Å²) in [4.78, 5) is 12.6. The number of amides is 1. The minimum atomic E-state index is -0.336. The fourth-order valence-electron chi connectivity index (χ4n) is 3.62. The van der Waals surface area contributed by atoms with Crippen LogP contribution in [0, 0.1) is 11.3 Å². The molecule has 0 heterocycles. The van der Waals surface area contributed by atoms with E-state index in [4.69, 9.17) is 32.7 Å². The zero-order valence-corrected chi connectivity index (χ0v) is 19.5. The van der Waals surface area contributed by atoms with E-state index in [1.165, 1.54) is 6.42 Å². The van der Waals surface area contributed by atoms with Crippen molar-refractivity contribution < 1.29 is 14.3 Å². The summed E-state index contributed by atoms with van der Waals surface area (Å²) in [7, 11) is 0. The van der Waals surface area contributed by atoms with Crippen LogP contribution in [0.5, 0.6) is 11.5 Å². The molecule has 0 unspecified atom stereocenters. The maximum atomic E-state index is 12.6. The summed E-state index contributed by atoms with van der Waals surface area (Å²) < 4.78 is 11.6. The number of halogens is 2. The van der Waals surface area contributed by atoms with Gasteiger partial charge < -0.3 is 14.8 Å². The monoisotopic (exact) mass is 472 g/mol. The van der Waals surface area contributed by atoms with Crippen molar-refractivity contribution in [1.82, 2.24) is 5.32 Å². The lowest BCUT2D eigenvalue weighted by molar-refractivity contribution is -0.117. The molecule has 1 fully saturated rings. The Labute approximate surface area is 198 Å². The van der Waals surface area contributed by atoms with Crippen LogP contribution in [0.25, 0.3) is 6.08 Å². The third kappa shape index (κ3) is 6.66. The molecule has 0 aromatic heterocycles. The molecule has 0 spiro atoms. The smallest absolute Gasteiger partial charge is 0.262 e. The molecule has 0 atom stereocenters. The van der Waals surface area contributed by atoms with Gasteiger partial charge in [-0.2, -0.15) is 5.26 Å². The lowest BCUT2D eigenvalue weighted by atomic mass is 9.95. The minimum absolute atomic E-state index is 0.0718. The van der Waals surface area contributed by atoms with Crippen LogP contribution in [0.15, 0.2) is 42.0 Å². The molecule has 0 aliphatic heterocycles. The van der Waals surface area contributed by atoms with Gasteiger partial charge in [-0.3, -0.25) is 4.79 Å². The Morgan fingerprint density at radius 2 is 1.88 bits per heavy atom. The van der Waals surface area contributed by atoms with Gasteiger partial charge in [0.05, 0.1) is 16.7 Å². The third-order valence-corrected chi connectivity index (χ3v) is 6.00. The molecule has 168 valence electrons. The quantitative estimate of drug-likeness (QED) is 0.359. The number of ether oxygens (including phenoxy) is 2. The van der Waals surface area contributed by atoms with Crippen molar-refractivity contribution in [1.29, 1.82) is 5.26 Å². The summed E-state index contributed by atoms with van der Waals surface area (Å²) in [5, 5.41) is 13.4. The highest BCUT2D eigenvalue weighted by atomic mass is 35.5. The fourth-order valence-corrected chi connectivity index (χ4v) is 3.94. The number of nitrogens with one attached hydrogen (secondary N) is 1. The Balaban J connectivity index is 1.73. The predicted molar refractivity (Wildman–Crippen MR) is 127 cm³/mol. The first-order valence-corrected chi connectivity index (χ1v) is 11.5. The van der Waals surface area contributed by atoms with Crippen LogP contribution in [0.3, 0.4) is 0 Å².